The fraction of sp³-hybridized carbons (Fsp3) is 0.462. The van der Waals surface area contributed by atoms with Crippen LogP contribution in [0.25, 0.3) is 0 Å². The van der Waals surface area contributed by atoms with E-state index in [1.807, 2.05) is 0 Å². The number of rotatable bonds is 4. The molecule has 1 saturated heterocycles. The van der Waals surface area contributed by atoms with Crippen molar-refractivity contribution >= 4 is 11.7 Å². The Bertz CT molecular complexity index is 573. The zero-order chi connectivity index (χ0) is 14.7. The number of anilines is 1. The maximum absolute atomic E-state index is 11.9. The van der Waals surface area contributed by atoms with Crippen molar-refractivity contribution in [2.24, 2.45) is 0 Å². The molecule has 1 aromatic heterocycles. The Morgan fingerprint density at radius 3 is 2.60 bits per heavy atom. The smallest absolute Gasteiger partial charge is 0.332 e. The molecule has 0 unspecified atom stereocenters. The number of piperazine rings is 1. The largest absolute Gasteiger partial charge is 0.478 e. The summed E-state index contributed by atoms with van der Waals surface area (Å²) in [5.74, 6) is -1.12. The van der Waals surface area contributed by atoms with Crippen LogP contribution in [0.15, 0.2) is 29.2 Å². The minimum absolute atomic E-state index is 0.0630. The number of carboxylic acid groups (broad SMARTS) is 1. The van der Waals surface area contributed by atoms with Crippen molar-refractivity contribution in [3.05, 3.63) is 34.8 Å². The quantitative estimate of drug-likeness (QED) is 0.758. The number of carbonyl (C=O) groups is 1. The van der Waals surface area contributed by atoms with Gasteiger partial charge in [-0.1, -0.05) is 6.58 Å². The van der Waals surface area contributed by atoms with E-state index in [0.29, 0.717) is 0 Å². The third-order valence-electron chi connectivity index (χ3n) is 3.37. The van der Waals surface area contributed by atoms with Gasteiger partial charge in [-0.05, 0) is 7.05 Å². The first-order chi connectivity index (χ1) is 9.47. The van der Waals surface area contributed by atoms with E-state index in [0.717, 1.165) is 36.5 Å². The lowest BCUT2D eigenvalue weighted by atomic mass is 10.3. The number of hydrogen-bond donors (Lipinski definition) is 1. The van der Waals surface area contributed by atoms with Crippen molar-refractivity contribution < 1.29 is 9.90 Å². The second kappa shape index (κ2) is 5.87. The third kappa shape index (κ3) is 3.24. The molecule has 108 valence electrons. The average molecular weight is 278 g/mol. The van der Waals surface area contributed by atoms with Gasteiger partial charge in [0.2, 0.25) is 0 Å². The maximum Gasteiger partial charge on any atom is 0.332 e. The van der Waals surface area contributed by atoms with Crippen LogP contribution >= 0.6 is 0 Å². The van der Waals surface area contributed by atoms with Gasteiger partial charge in [0.15, 0.2) is 0 Å². The monoisotopic (exact) mass is 278 g/mol. The highest BCUT2D eigenvalue weighted by atomic mass is 16.4. The van der Waals surface area contributed by atoms with Crippen LogP contribution < -0.4 is 10.5 Å². The minimum Gasteiger partial charge on any atom is -0.478 e. The van der Waals surface area contributed by atoms with Gasteiger partial charge in [-0.15, -0.1) is 0 Å². The molecule has 1 aliphatic rings. The number of hydrogen-bond acceptors (Lipinski definition) is 5. The number of aromatic nitrogens is 2. The zero-order valence-corrected chi connectivity index (χ0v) is 11.4. The summed E-state index contributed by atoms with van der Waals surface area (Å²) in [5.41, 5.74) is 0.399. The van der Waals surface area contributed by atoms with Crippen LogP contribution in [0.2, 0.25) is 0 Å². The van der Waals surface area contributed by atoms with Crippen molar-refractivity contribution in [3.8, 4) is 0 Å². The fourth-order valence-electron chi connectivity index (χ4n) is 2.03. The summed E-state index contributed by atoms with van der Waals surface area (Å²) in [6, 6.07) is 1.49. The van der Waals surface area contributed by atoms with Crippen molar-refractivity contribution in [2.45, 2.75) is 6.54 Å². The summed E-state index contributed by atoms with van der Waals surface area (Å²) in [5, 5.41) is 12.8. The van der Waals surface area contributed by atoms with E-state index in [-0.39, 0.29) is 17.7 Å². The van der Waals surface area contributed by atoms with E-state index >= 15 is 0 Å². The molecule has 0 aliphatic carbocycles. The molecule has 0 amide bonds. The summed E-state index contributed by atoms with van der Waals surface area (Å²) in [6.45, 7) is 6.88. The molecule has 2 heterocycles. The van der Waals surface area contributed by atoms with E-state index < -0.39 is 5.97 Å². The molecule has 0 atom stereocenters. The van der Waals surface area contributed by atoms with Crippen LogP contribution in [0.3, 0.4) is 0 Å². The van der Waals surface area contributed by atoms with Gasteiger partial charge in [0.05, 0.1) is 24.0 Å². The maximum atomic E-state index is 11.9. The second-order valence-electron chi connectivity index (χ2n) is 4.91. The number of carboxylic acids is 1. The predicted octanol–water partition coefficient (Wildman–Crippen LogP) is -0.364. The van der Waals surface area contributed by atoms with Crippen LogP contribution in [-0.4, -0.2) is 59.0 Å². The van der Waals surface area contributed by atoms with E-state index in [2.05, 4.69) is 28.5 Å². The zero-order valence-electron chi connectivity index (χ0n) is 11.4. The van der Waals surface area contributed by atoms with Gasteiger partial charge >= 0.3 is 5.97 Å². The Morgan fingerprint density at radius 1 is 1.40 bits per heavy atom. The van der Waals surface area contributed by atoms with Gasteiger partial charge < -0.3 is 14.9 Å². The Hall–Kier alpha value is -2.15. The second-order valence-corrected chi connectivity index (χ2v) is 4.91. The number of nitrogens with zero attached hydrogens (tertiary/aromatic N) is 4. The lowest BCUT2D eigenvalue weighted by Gasteiger charge is -2.33. The van der Waals surface area contributed by atoms with Gasteiger partial charge in [0.25, 0.3) is 5.56 Å². The van der Waals surface area contributed by atoms with Gasteiger partial charge in [-0.25, -0.2) is 9.48 Å². The molecule has 0 spiro atoms. The van der Waals surface area contributed by atoms with Crippen molar-refractivity contribution in [1.82, 2.24) is 14.7 Å². The normalized spacial score (nSPS) is 16.1. The summed E-state index contributed by atoms with van der Waals surface area (Å²) in [4.78, 5) is 27.0. The molecule has 0 radical (unpaired) electrons. The van der Waals surface area contributed by atoms with E-state index in [9.17, 15) is 9.59 Å². The summed E-state index contributed by atoms with van der Waals surface area (Å²) in [7, 11) is 2.06. The minimum atomic E-state index is -1.12. The van der Waals surface area contributed by atoms with Gasteiger partial charge in [0.1, 0.15) is 0 Å². The van der Waals surface area contributed by atoms with E-state index in [1.165, 1.54) is 6.07 Å². The highest BCUT2D eigenvalue weighted by Gasteiger charge is 2.15. The van der Waals surface area contributed by atoms with Gasteiger partial charge in [-0.2, -0.15) is 5.10 Å². The van der Waals surface area contributed by atoms with Crippen molar-refractivity contribution in [1.29, 1.82) is 0 Å². The molecular weight excluding hydrogens is 260 g/mol. The lowest BCUT2D eigenvalue weighted by Crippen LogP contribution is -2.45. The van der Waals surface area contributed by atoms with E-state index in [1.54, 1.807) is 6.20 Å². The molecule has 0 aromatic carbocycles. The third-order valence-corrected chi connectivity index (χ3v) is 3.37. The Morgan fingerprint density at radius 2 is 2.05 bits per heavy atom. The summed E-state index contributed by atoms with van der Waals surface area (Å²) >= 11 is 0. The number of likely N-dealkylation sites (N-methyl/N-ethyl adjacent to an activating group) is 1. The van der Waals surface area contributed by atoms with E-state index in [4.69, 9.17) is 5.11 Å². The first kappa shape index (κ1) is 14.3. The first-order valence-electron chi connectivity index (χ1n) is 6.39. The Labute approximate surface area is 116 Å². The van der Waals surface area contributed by atoms with Crippen LogP contribution in [0, 0.1) is 0 Å². The molecule has 0 saturated carbocycles. The molecule has 1 fully saturated rings. The molecule has 1 aliphatic heterocycles. The molecular formula is C13H18N4O3. The topological polar surface area (TPSA) is 78.7 Å². The van der Waals surface area contributed by atoms with Crippen molar-refractivity contribution in [2.75, 3.05) is 38.1 Å². The molecule has 7 nitrogen and oxygen atoms in total. The Kier molecular flexibility index (Phi) is 4.19. The van der Waals surface area contributed by atoms with Crippen molar-refractivity contribution in [3.63, 3.8) is 0 Å². The lowest BCUT2D eigenvalue weighted by molar-refractivity contribution is -0.132. The van der Waals surface area contributed by atoms with Crippen LogP contribution in [-0.2, 0) is 11.3 Å². The van der Waals surface area contributed by atoms with Gasteiger partial charge in [0, 0.05) is 32.2 Å². The Balaban J connectivity index is 2.12. The predicted molar refractivity (Wildman–Crippen MR) is 75.0 cm³/mol. The summed E-state index contributed by atoms with van der Waals surface area (Å²) in [6.07, 6.45) is 1.60. The highest BCUT2D eigenvalue weighted by Crippen LogP contribution is 2.12. The first-order valence-corrected chi connectivity index (χ1v) is 6.39. The fourth-order valence-corrected chi connectivity index (χ4v) is 2.03. The van der Waals surface area contributed by atoms with Crippen LogP contribution in [0.4, 0.5) is 5.69 Å². The van der Waals surface area contributed by atoms with Gasteiger partial charge in [-0.3, -0.25) is 4.79 Å². The molecule has 20 heavy (non-hydrogen) atoms. The molecule has 0 bridgehead atoms. The molecule has 1 aromatic rings. The number of aliphatic carboxylic acids is 1. The molecule has 1 N–H and O–H groups in total. The molecule has 7 heteroatoms. The molecule has 2 rings (SSSR count). The standard InChI is InChI=1S/C13H18N4O3/c1-10(13(19)20)9-17-12(18)7-11(8-14-17)16-5-3-15(2)4-6-16/h7-8H,1,3-6,9H2,2H3,(H,19,20). The SMILES string of the molecule is C=C(Cn1ncc(N2CCN(C)CC2)cc1=O)C(=O)O. The highest BCUT2D eigenvalue weighted by molar-refractivity contribution is 5.85. The van der Waals surface area contributed by atoms with Crippen LogP contribution in [0.5, 0.6) is 0 Å². The average Bonchev–Trinajstić information content (AvgIpc) is 2.41. The van der Waals surface area contributed by atoms with Crippen LogP contribution in [0.1, 0.15) is 0 Å². The summed E-state index contributed by atoms with van der Waals surface area (Å²) < 4.78 is 1.11.